The van der Waals surface area contributed by atoms with E-state index in [-0.39, 0.29) is 12.3 Å². The molecule has 1 amide bonds. The van der Waals surface area contributed by atoms with Gasteiger partial charge in [0.1, 0.15) is 11.8 Å². The van der Waals surface area contributed by atoms with Gasteiger partial charge in [-0.3, -0.25) is 4.79 Å². The van der Waals surface area contributed by atoms with E-state index in [2.05, 4.69) is 11.4 Å². The third-order valence-corrected chi connectivity index (χ3v) is 3.06. The molecule has 1 atom stereocenters. The maximum atomic E-state index is 12.0. The quantitative estimate of drug-likeness (QED) is 0.829. The van der Waals surface area contributed by atoms with Gasteiger partial charge >= 0.3 is 0 Å². The molecule has 0 aliphatic carbocycles. The lowest BCUT2D eigenvalue weighted by Gasteiger charge is -2.21. The predicted octanol–water partition coefficient (Wildman–Crippen LogP) is 2.26. The second-order valence-electron chi connectivity index (χ2n) is 4.33. The van der Waals surface area contributed by atoms with Gasteiger partial charge in [0, 0.05) is 24.8 Å². The molecule has 0 bridgehead atoms. The summed E-state index contributed by atoms with van der Waals surface area (Å²) in [6, 6.07) is 8.88. The molecular formula is C15H21N3O2. The highest BCUT2D eigenvalue weighted by molar-refractivity contribution is 5.77. The summed E-state index contributed by atoms with van der Waals surface area (Å²) >= 11 is 0. The van der Waals surface area contributed by atoms with Crippen molar-refractivity contribution in [1.82, 2.24) is 4.90 Å². The average molecular weight is 275 g/mol. The van der Waals surface area contributed by atoms with Crippen LogP contribution in [0.3, 0.4) is 0 Å². The summed E-state index contributed by atoms with van der Waals surface area (Å²) in [4.78, 5) is 13.7. The van der Waals surface area contributed by atoms with Gasteiger partial charge in [0.2, 0.25) is 5.91 Å². The van der Waals surface area contributed by atoms with Crippen LogP contribution in [0.5, 0.6) is 5.75 Å². The van der Waals surface area contributed by atoms with Gasteiger partial charge in [-0.1, -0.05) is 6.07 Å². The minimum atomic E-state index is -0.546. The number of nitrogens with one attached hydrogen (secondary N) is 1. The number of hydrogen-bond acceptors (Lipinski definition) is 4. The molecule has 0 radical (unpaired) electrons. The van der Waals surface area contributed by atoms with Crippen LogP contribution in [0, 0.1) is 11.3 Å². The molecule has 1 aromatic carbocycles. The smallest absolute Gasteiger partial charge is 0.225 e. The van der Waals surface area contributed by atoms with Gasteiger partial charge in [0.15, 0.2) is 0 Å². The Labute approximate surface area is 120 Å². The highest BCUT2D eigenvalue weighted by Crippen LogP contribution is 2.18. The number of rotatable bonds is 7. The number of nitrogens with zero attached hydrogens (tertiary/aromatic N) is 2. The van der Waals surface area contributed by atoms with Crippen LogP contribution < -0.4 is 10.1 Å². The summed E-state index contributed by atoms with van der Waals surface area (Å²) in [5, 5.41) is 12.2. The summed E-state index contributed by atoms with van der Waals surface area (Å²) in [6.45, 7) is 5.18. The largest absolute Gasteiger partial charge is 0.497 e. The Morgan fingerprint density at radius 1 is 1.45 bits per heavy atom. The van der Waals surface area contributed by atoms with Crippen molar-refractivity contribution < 1.29 is 9.53 Å². The van der Waals surface area contributed by atoms with E-state index in [4.69, 9.17) is 4.74 Å². The first-order chi connectivity index (χ1) is 9.64. The minimum Gasteiger partial charge on any atom is -0.497 e. The normalized spacial score (nSPS) is 11.3. The van der Waals surface area contributed by atoms with Crippen LogP contribution in [0.2, 0.25) is 0 Å². The molecular weight excluding hydrogens is 254 g/mol. The van der Waals surface area contributed by atoms with E-state index < -0.39 is 6.04 Å². The fourth-order valence-corrected chi connectivity index (χ4v) is 1.92. The number of amides is 1. The number of carbonyl (C=O) groups is 1. The molecule has 0 heterocycles. The molecule has 5 heteroatoms. The maximum absolute atomic E-state index is 12.0. The van der Waals surface area contributed by atoms with E-state index in [0.717, 1.165) is 5.69 Å². The first-order valence-corrected chi connectivity index (χ1v) is 6.72. The van der Waals surface area contributed by atoms with E-state index >= 15 is 0 Å². The number of anilines is 1. The molecule has 1 aromatic rings. The van der Waals surface area contributed by atoms with Crippen molar-refractivity contribution >= 4 is 11.6 Å². The molecule has 0 aliphatic rings. The number of carbonyl (C=O) groups excluding carboxylic acids is 1. The van der Waals surface area contributed by atoms with Gasteiger partial charge < -0.3 is 15.0 Å². The molecule has 1 unspecified atom stereocenters. The molecule has 5 nitrogen and oxygen atoms in total. The molecule has 1 N–H and O–H groups in total. The molecule has 0 aliphatic heterocycles. The lowest BCUT2D eigenvalue weighted by molar-refractivity contribution is -0.130. The first kappa shape index (κ1) is 15.8. The molecule has 108 valence electrons. The molecule has 0 fully saturated rings. The second-order valence-corrected chi connectivity index (χ2v) is 4.33. The van der Waals surface area contributed by atoms with Crippen molar-refractivity contribution in [3.63, 3.8) is 0 Å². The standard InChI is InChI=1S/C15H21N3O2/c1-4-18(5-2)15(19)10-13(11-16)17-12-7-6-8-14(9-12)20-3/h6-9,13,17H,4-5,10H2,1-3H3. The van der Waals surface area contributed by atoms with Crippen molar-refractivity contribution in [2.45, 2.75) is 26.3 Å². The third-order valence-electron chi connectivity index (χ3n) is 3.06. The Morgan fingerprint density at radius 2 is 2.15 bits per heavy atom. The summed E-state index contributed by atoms with van der Waals surface area (Å²) in [5.74, 6) is 0.693. The Morgan fingerprint density at radius 3 is 2.70 bits per heavy atom. The fraction of sp³-hybridized carbons (Fsp3) is 0.467. The second kappa shape index (κ2) is 8.05. The topological polar surface area (TPSA) is 65.4 Å². The van der Waals surface area contributed by atoms with Crippen molar-refractivity contribution in [3.05, 3.63) is 24.3 Å². The van der Waals surface area contributed by atoms with Crippen molar-refractivity contribution in [3.8, 4) is 11.8 Å². The molecule has 0 saturated carbocycles. The fourth-order valence-electron chi connectivity index (χ4n) is 1.92. The Kier molecular flexibility index (Phi) is 6.38. The van der Waals surface area contributed by atoms with Gasteiger partial charge in [-0.25, -0.2) is 0 Å². The van der Waals surface area contributed by atoms with Crippen LogP contribution in [0.1, 0.15) is 20.3 Å². The van der Waals surface area contributed by atoms with Gasteiger partial charge in [-0.15, -0.1) is 0 Å². The summed E-state index contributed by atoms with van der Waals surface area (Å²) in [7, 11) is 1.59. The predicted molar refractivity (Wildman–Crippen MR) is 78.6 cm³/mol. The first-order valence-electron chi connectivity index (χ1n) is 6.72. The molecule has 0 saturated heterocycles. The SMILES string of the molecule is CCN(CC)C(=O)CC(C#N)Nc1cccc(OC)c1. The highest BCUT2D eigenvalue weighted by Gasteiger charge is 2.17. The van der Waals surface area contributed by atoms with E-state index in [9.17, 15) is 10.1 Å². The zero-order valence-corrected chi connectivity index (χ0v) is 12.2. The number of nitriles is 1. The number of hydrogen-bond donors (Lipinski definition) is 1. The lowest BCUT2D eigenvalue weighted by Crippen LogP contribution is -2.34. The van der Waals surface area contributed by atoms with Crippen LogP contribution in [0.25, 0.3) is 0 Å². The van der Waals surface area contributed by atoms with Gasteiger partial charge in [-0.2, -0.15) is 5.26 Å². The maximum Gasteiger partial charge on any atom is 0.225 e. The Hall–Kier alpha value is -2.22. The van der Waals surface area contributed by atoms with Gasteiger partial charge in [0.25, 0.3) is 0 Å². The minimum absolute atomic E-state index is 0.0167. The van der Waals surface area contributed by atoms with E-state index in [0.29, 0.717) is 18.8 Å². The Balaban J connectivity index is 2.68. The highest BCUT2D eigenvalue weighted by atomic mass is 16.5. The van der Waals surface area contributed by atoms with E-state index in [1.165, 1.54) is 0 Å². The number of methoxy groups -OCH3 is 1. The monoisotopic (exact) mass is 275 g/mol. The van der Waals surface area contributed by atoms with E-state index in [1.807, 2.05) is 32.0 Å². The zero-order chi connectivity index (χ0) is 15.0. The zero-order valence-electron chi connectivity index (χ0n) is 12.2. The van der Waals surface area contributed by atoms with Crippen LogP contribution in [-0.4, -0.2) is 37.0 Å². The summed E-state index contributed by atoms with van der Waals surface area (Å²) in [6.07, 6.45) is 0.162. The summed E-state index contributed by atoms with van der Waals surface area (Å²) < 4.78 is 5.13. The van der Waals surface area contributed by atoms with Crippen LogP contribution in [0.15, 0.2) is 24.3 Å². The van der Waals surface area contributed by atoms with Crippen LogP contribution in [0.4, 0.5) is 5.69 Å². The van der Waals surface area contributed by atoms with Gasteiger partial charge in [0.05, 0.1) is 19.6 Å². The number of ether oxygens (including phenoxy) is 1. The average Bonchev–Trinajstić information content (AvgIpc) is 2.48. The summed E-state index contributed by atoms with van der Waals surface area (Å²) in [5.41, 5.74) is 0.767. The molecule has 1 rings (SSSR count). The Bertz CT molecular complexity index is 478. The third kappa shape index (κ3) is 4.47. The van der Waals surface area contributed by atoms with Crippen molar-refractivity contribution in [1.29, 1.82) is 5.26 Å². The number of benzene rings is 1. The lowest BCUT2D eigenvalue weighted by atomic mass is 10.2. The molecule has 20 heavy (non-hydrogen) atoms. The molecule has 0 spiro atoms. The van der Waals surface area contributed by atoms with E-state index in [1.54, 1.807) is 18.1 Å². The van der Waals surface area contributed by atoms with Crippen molar-refractivity contribution in [2.75, 3.05) is 25.5 Å². The van der Waals surface area contributed by atoms with Crippen LogP contribution in [-0.2, 0) is 4.79 Å². The van der Waals surface area contributed by atoms with Gasteiger partial charge in [-0.05, 0) is 26.0 Å². The van der Waals surface area contributed by atoms with Crippen molar-refractivity contribution in [2.24, 2.45) is 0 Å². The molecule has 0 aromatic heterocycles. The van der Waals surface area contributed by atoms with Crippen LogP contribution >= 0.6 is 0 Å².